The molecule has 1 aliphatic heterocycles. The fraction of sp³-hybridized carbons (Fsp3) is 0.200. The molecule has 0 saturated carbocycles. The minimum atomic E-state index is 0. The Balaban J connectivity index is 0.00000320. The smallest absolute Gasteiger partial charge is 0.250 e. The van der Waals surface area contributed by atoms with Crippen LogP contribution in [0.4, 0.5) is 5.00 Å². The van der Waals surface area contributed by atoms with Gasteiger partial charge in [0.2, 0.25) is 5.00 Å². The van der Waals surface area contributed by atoms with Crippen LogP contribution in [0.15, 0.2) is 82.2 Å². The van der Waals surface area contributed by atoms with E-state index in [1.165, 1.54) is 5.56 Å². The molecule has 0 bridgehead atoms. The molecular weight excluding hydrogens is 496 g/mol. The van der Waals surface area contributed by atoms with Crippen LogP contribution in [0.3, 0.4) is 0 Å². The Hall–Kier alpha value is -3.91. The van der Waals surface area contributed by atoms with Crippen LogP contribution in [0.5, 0.6) is 5.75 Å². The van der Waals surface area contributed by atoms with Crippen LogP contribution >= 0.6 is 24.8 Å². The molecule has 37 heavy (non-hydrogen) atoms. The summed E-state index contributed by atoms with van der Waals surface area (Å²) in [7, 11) is 0. The quantitative estimate of drug-likeness (QED) is 0.177. The van der Waals surface area contributed by atoms with Crippen molar-refractivity contribution in [3.63, 3.8) is 0 Å². The Bertz CT molecular complexity index is 1580. The molecule has 0 amide bonds. The monoisotopic (exact) mass is 522 g/mol. The standard InChI is InChI=1S/C30H24N4OS.H2S/c1-4-7-23(17-24-18-32-34-33-24)22-11-13-25(14-12-22)35-19-21-10-15-28-27(16-21)29(30(31-3)36-28)26-9-6-5-8-20(26)2;/h5-6,8-16,23H,17-19H2,1-2H3;1H2/t23-;/m0./s1. The van der Waals surface area contributed by atoms with Crippen molar-refractivity contribution >= 4 is 45.6 Å². The Morgan fingerprint density at radius 3 is 2.62 bits per heavy atom. The molecule has 7 heteroatoms. The second kappa shape index (κ2) is 11.9. The number of fused-ring (bicyclic) bond motifs is 1. The van der Waals surface area contributed by atoms with Crippen molar-refractivity contribution in [2.24, 2.45) is 15.4 Å². The number of thiophene rings is 1. The third-order valence-electron chi connectivity index (χ3n) is 6.20. The first-order valence-electron chi connectivity index (χ1n) is 11.7. The predicted molar refractivity (Wildman–Crippen MR) is 157 cm³/mol. The van der Waals surface area contributed by atoms with Crippen LogP contribution in [0, 0.1) is 25.3 Å². The molecule has 0 saturated heterocycles. The molecule has 1 atom stereocenters. The van der Waals surface area contributed by atoms with Gasteiger partial charge in [-0.05, 0) is 71.0 Å². The van der Waals surface area contributed by atoms with E-state index in [1.54, 1.807) is 11.3 Å². The van der Waals surface area contributed by atoms with Gasteiger partial charge in [0.15, 0.2) is 0 Å². The van der Waals surface area contributed by atoms with E-state index in [-0.39, 0.29) is 19.4 Å². The Labute approximate surface area is 228 Å². The summed E-state index contributed by atoms with van der Waals surface area (Å²) < 4.78 is 7.24. The summed E-state index contributed by atoms with van der Waals surface area (Å²) in [6.07, 6.45) is 0.727. The number of ether oxygens (including phenoxy) is 1. The number of benzene rings is 3. The lowest BCUT2D eigenvalue weighted by molar-refractivity contribution is 0.306. The zero-order valence-corrected chi connectivity index (χ0v) is 22.5. The topological polar surface area (TPSA) is 50.7 Å². The van der Waals surface area contributed by atoms with Crippen LogP contribution in [0.2, 0.25) is 0 Å². The van der Waals surface area contributed by atoms with E-state index in [2.05, 4.69) is 81.5 Å². The van der Waals surface area contributed by atoms with E-state index in [0.717, 1.165) is 55.2 Å². The summed E-state index contributed by atoms with van der Waals surface area (Å²) in [6, 6.07) is 22.7. The summed E-state index contributed by atoms with van der Waals surface area (Å²) >= 11 is 1.54. The first-order valence-corrected chi connectivity index (χ1v) is 12.5. The van der Waals surface area contributed by atoms with E-state index >= 15 is 0 Å². The van der Waals surface area contributed by atoms with Gasteiger partial charge in [-0.2, -0.15) is 29.9 Å². The molecule has 0 unspecified atom stereocenters. The molecule has 5 nitrogen and oxygen atoms in total. The lowest BCUT2D eigenvalue weighted by atomic mass is 9.94. The highest BCUT2D eigenvalue weighted by Crippen LogP contribution is 2.45. The van der Waals surface area contributed by atoms with E-state index in [9.17, 15) is 0 Å². The fourth-order valence-corrected chi connectivity index (χ4v) is 5.37. The largest absolute Gasteiger partial charge is 0.489 e. The number of rotatable bonds is 7. The van der Waals surface area contributed by atoms with E-state index < -0.39 is 0 Å². The Morgan fingerprint density at radius 1 is 1.11 bits per heavy atom. The lowest BCUT2D eigenvalue weighted by Gasteiger charge is -2.12. The van der Waals surface area contributed by atoms with Gasteiger partial charge in [-0.25, -0.2) is 4.85 Å². The van der Waals surface area contributed by atoms with Gasteiger partial charge in [0.1, 0.15) is 18.9 Å². The Kier molecular flexibility index (Phi) is 8.40. The second-order valence-electron chi connectivity index (χ2n) is 8.60. The molecule has 0 radical (unpaired) electrons. The molecule has 2 heterocycles. The minimum absolute atomic E-state index is 0. The first-order chi connectivity index (χ1) is 17.7. The van der Waals surface area contributed by atoms with Gasteiger partial charge in [-0.3, -0.25) is 0 Å². The third kappa shape index (κ3) is 5.75. The molecule has 0 N–H and O–H groups in total. The number of hydrogen-bond donors (Lipinski definition) is 0. The highest BCUT2D eigenvalue weighted by molar-refractivity contribution is 7.59. The van der Waals surface area contributed by atoms with Crippen LogP contribution in [0.1, 0.15) is 36.0 Å². The van der Waals surface area contributed by atoms with E-state index in [1.807, 2.05) is 31.2 Å². The molecular formula is C30H26N4OS2. The van der Waals surface area contributed by atoms with E-state index in [0.29, 0.717) is 13.2 Å². The van der Waals surface area contributed by atoms with Crippen molar-refractivity contribution in [2.45, 2.75) is 32.8 Å². The predicted octanol–water partition coefficient (Wildman–Crippen LogP) is 8.44. The normalized spacial score (nSPS) is 12.7. The van der Waals surface area contributed by atoms with Crippen molar-refractivity contribution < 1.29 is 4.74 Å². The SMILES string of the molecule is S.[C-]#[N+]c1sc2ccc(COc3ccc([C@@H](C#CC)CC4=NN=NC4)cc3)cc2c1-c1ccccc1C. The fourth-order valence-electron chi connectivity index (χ4n) is 4.38. The average Bonchev–Trinajstić information content (AvgIpc) is 3.55. The van der Waals surface area contributed by atoms with E-state index in [4.69, 9.17) is 11.3 Å². The maximum atomic E-state index is 7.71. The van der Waals surface area contributed by atoms with Crippen LogP contribution < -0.4 is 4.74 Å². The van der Waals surface area contributed by atoms with Crippen molar-refractivity contribution in [1.29, 1.82) is 0 Å². The van der Waals surface area contributed by atoms with Crippen molar-refractivity contribution in [2.75, 3.05) is 6.54 Å². The molecule has 0 fully saturated rings. The molecule has 0 spiro atoms. The average molecular weight is 523 g/mol. The highest BCUT2D eigenvalue weighted by atomic mass is 32.1. The van der Waals surface area contributed by atoms with Gasteiger partial charge in [0.25, 0.3) is 0 Å². The van der Waals surface area contributed by atoms with Gasteiger partial charge in [-0.1, -0.05) is 48.4 Å². The molecule has 5 rings (SSSR count). The maximum Gasteiger partial charge on any atom is 0.250 e. The van der Waals surface area contributed by atoms with Gasteiger partial charge in [-0.15, -0.1) is 11.0 Å². The number of nitrogens with zero attached hydrogens (tertiary/aromatic N) is 4. The molecule has 3 aromatic carbocycles. The maximum absolute atomic E-state index is 7.71. The first kappa shape index (κ1) is 26.2. The summed E-state index contributed by atoms with van der Waals surface area (Å²) in [5.74, 6) is 7.16. The number of aryl methyl sites for hydroxylation is 1. The molecule has 1 aromatic heterocycles. The molecule has 1 aliphatic rings. The molecule has 0 aliphatic carbocycles. The highest BCUT2D eigenvalue weighted by Gasteiger charge is 2.17. The zero-order valence-electron chi connectivity index (χ0n) is 20.7. The lowest BCUT2D eigenvalue weighted by Crippen LogP contribution is -2.07. The molecule has 4 aromatic rings. The van der Waals surface area contributed by atoms with Crippen LogP contribution in [-0.2, 0) is 6.61 Å². The minimum Gasteiger partial charge on any atom is -0.489 e. The summed E-state index contributed by atoms with van der Waals surface area (Å²) in [5.41, 5.74) is 6.44. The van der Waals surface area contributed by atoms with Gasteiger partial charge >= 0.3 is 0 Å². The van der Waals surface area contributed by atoms with Crippen molar-refractivity contribution in [3.05, 3.63) is 94.8 Å². The molecule has 184 valence electrons. The summed E-state index contributed by atoms with van der Waals surface area (Å²) in [4.78, 5) is 3.83. The van der Waals surface area contributed by atoms with Crippen molar-refractivity contribution in [1.82, 2.24) is 0 Å². The van der Waals surface area contributed by atoms with Crippen LogP contribution in [0.25, 0.3) is 26.1 Å². The van der Waals surface area contributed by atoms with Gasteiger partial charge in [0, 0.05) is 16.7 Å². The zero-order chi connectivity index (χ0) is 24.9. The van der Waals surface area contributed by atoms with Crippen molar-refractivity contribution in [3.8, 4) is 28.7 Å². The second-order valence-corrected chi connectivity index (χ2v) is 9.63. The van der Waals surface area contributed by atoms with Gasteiger partial charge in [0.05, 0.1) is 18.2 Å². The summed E-state index contributed by atoms with van der Waals surface area (Å²) in [5, 5.41) is 13.6. The number of hydrogen-bond acceptors (Lipinski definition) is 5. The third-order valence-corrected chi connectivity index (χ3v) is 7.26. The Morgan fingerprint density at radius 2 is 1.92 bits per heavy atom. The summed E-state index contributed by atoms with van der Waals surface area (Å²) in [6.45, 7) is 12.7. The van der Waals surface area contributed by atoms with Crippen LogP contribution in [-0.4, -0.2) is 12.3 Å². The van der Waals surface area contributed by atoms with Gasteiger partial charge < -0.3 is 4.74 Å².